The summed E-state index contributed by atoms with van der Waals surface area (Å²) in [7, 11) is 0. The monoisotopic (exact) mass is 411 g/mol. The van der Waals surface area contributed by atoms with Gasteiger partial charge >= 0.3 is 6.09 Å². The van der Waals surface area contributed by atoms with E-state index in [0.717, 1.165) is 5.56 Å². The van der Waals surface area contributed by atoms with Gasteiger partial charge in [0, 0.05) is 11.6 Å². The lowest BCUT2D eigenvalue weighted by molar-refractivity contribution is 0.0571. The molecule has 1 amide bonds. The Morgan fingerprint density at radius 1 is 1.14 bits per heavy atom. The molecule has 152 valence electrons. The smallest absolute Gasteiger partial charge is 0.415 e. The second-order valence-corrected chi connectivity index (χ2v) is 8.81. The first-order valence-corrected chi connectivity index (χ1v) is 10.1. The molecule has 0 aliphatic rings. The molecule has 0 bridgehead atoms. The van der Waals surface area contributed by atoms with Crippen LogP contribution in [0.1, 0.15) is 34.6 Å². The minimum absolute atomic E-state index is 0.0875. The topological polar surface area (TPSA) is 94.2 Å². The fourth-order valence-electron chi connectivity index (χ4n) is 2.67. The fourth-order valence-corrected chi connectivity index (χ4v) is 3.67. The van der Waals surface area contributed by atoms with Gasteiger partial charge in [-0.1, -0.05) is 41.7 Å². The van der Waals surface area contributed by atoms with Crippen molar-refractivity contribution in [1.82, 2.24) is 15.0 Å². The molecule has 0 saturated heterocycles. The van der Waals surface area contributed by atoms with E-state index in [1.54, 1.807) is 17.3 Å². The first kappa shape index (κ1) is 20.7. The third-order valence-corrected chi connectivity index (χ3v) is 4.92. The molecule has 0 unspecified atom stereocenters. The lowest BCUT2D eigenvalue weighted by atomic mass is 10.1. The van der Waals surface area contributed by atoms with E-state index in [0.29, 0.717) is 27.2 Å². The predicted molar refractivity (Wildman–Crippen MR) is 117 cm³/mol. The number of carbonyl (C=O) groups excluding carboxylic acids is 1. The van der Waals surface area contributed by atoms with Crippen LogP contribution in [-0.2, 0) is 4.74 Å². The molecule has 8 heteroatoms. The van der Waals surface area contributed by atoms with Gasteiger partial charge in [-0.05, 0) is 34.6 Å². The van der Waals surface area contributed by atoms with Crippen molar-refractivity contribution in [2.45, 2.75) is 46.3 Å². The maximum absolute atomic E-state index is 12.7. The molecular weight excluding hydrogens is 386 g/mol. The minimum atomic E-state index is -0.579. The van der Waals surface area contributed by atoms with Gasteiger partial charge in [-0.25, -0.2) is 19.7 Å². The first-order valence-electron chi connectivity index (χ1n) is 9.32. The summed E-state index contributed by atoms with van der Waals surface area (Å²) in [6.07, 6.45) is 2.85. The molecule has 2 aromatic heterocycles. The Hall–Kier alpha value is -3.00. The van der Waals surface area contributed by atoms with Gasteiger partial charge in [0.1, 0.15) is 32.8 Å². The highest BCUT2D eigenvalue weighted by molar-refractivity contribution is 7.19. The van der Waals surface area contributed by atoms with E-state index in [1.165, 1.54) is 11.3 Å². The number of nitrogens with two attached hydrogens (primary N) is 1. The van der Waals surface area contributed by atoms with E-state index in [9.17, 15) is 4.79 Å². The molecule has 0 aliphatic heterocycles. The number of benzene rings is 1. The van der Waals surface area contributed by atoms with Crippen molar-refractivity contribution in [3.63, 3.8) is 0 Å². The Kier molecular flexibility index (Phi) is 5.83. The highest BCUT2D eigenvalue weighted by atomic mass is 32.1. The van der Waals surface area contributed by atoms with Gasteiger partial charge in [-0.3, -0.25) is 4.90 Å². The summed E-state index contributed by atoms with van der Waals surface area (Å²) in [6, 6.07) is 9.55. The SMILES string of the molecule is CC(C)N(C(=O)OC(C)(C)C)c1cnc(-c2cnc(N)c(-c3ccccc3)n2)s1. The summed E-state index contributed by atoms with van der Waals surface area (Å²) in [5.41, 5.74) is 7.54. The van der Waals surface area contributed by atoms with Crippen molar-refractivity contribution < 1.29 is 9.53 Å². The quantitative estimate of drug-likeness (QED) is 0.649. The molecule has 3 rings (SSSR count). The van der Waals surface area contributed by atoms with Gasteiger partial charge in [0.2, 0.25) is 0 Å². The van der Waals surface area contributed by atoms with Crippen molar-refractivity contribution in [2.24, 2.45) is 0 Å². The average molecular weight is 412 g/mol. The van der Waals surface area contributed by atoms with Gasteiger partial charge in [0.05, 0.1) is 12.4 Å². The van der Waals surface area contributed by atoms with Crippen LogP contribution in [0.25, 0.3) is 22.0 Å². The standard InChI is InChI=1S/C21H25N5O2S/c1-13(2)26(20(27)28-21(3,4)5)16-12-24-19(29-16)15-11-23-18(22)17(25-15)14-9-7-6-8-10-14/h6-13H,1-5H3,(H2,22,23). The average Bonchev–Trinajstić information content (AvgIpc) is 3.10. The highest BCUT2D eigenvalue weighted by Crippen LogP contribution is 2.33. The molecule has 0 spiro atoms. The number of carbonyl (C=O) groups is 1. The van der Waals surface area contributed by atoms with Gasteiger partial charge < -0.3 is 10.5 Å². The molecule has 0 fully saturated rings. The lowest BCUT2D eigenvalue weighted by Crippen LogP contribution is -2.40. The number of nitrogen functional groups attached to an aromatic ring is 1. The largest absolute Gasteiger partial charge is 0.443 e. The number of nitrogens with zero attached hydrogens (tertiary/aromatic N) is 4. The lowest BCUT2D eigenvalue weighted by Gasteiger charge is -2.28. The van der Waals surface area contributed by atoms with Crippen LogP contribution in [0.5, 0.6) is 0 Å². The summed E-state index contributed by atoms with van der Waals surface area (Å²) >= 11 is 1.36. The number of ether oxygens (including phenoxy) is 1. The van der Waals surface area contributed by atoms with E-state index in [1.807, 2.05) is 65.0 Å². The normalized spacial score (nSPS) is 11.5. The maximum Gasteiger partial charge on any atom is 0.415 e. The van der Waals surface area contributed by atoms with Crippen LogP contribution in [0.15, 0.2) is 42.7 Å². The number of thiazole rings is 1. The molecule has 0 radical (unpaired) electrons. The zero-order valence-corrected chi connectivity index (χ0v) is 18.0. The van der Waals surface area contributed by atoms with Crippen LogP contribution in [-0.4, -0.2) is 32.7 Å². The Morgan fingerprint density at radius 3 is 2.45 bits per heavy atom. The summed E-state index contributed by atoms with van der Waals surface area (Å²) < 4.78 is 5.54. The Morgan fingerprint density at radius 2 is 1.83 bits per heavy atom. The molecular formula is C21H25N5O2S. The number of hydrogen-bond acceptors (Lipinski definition) is 7. The molecule has 29 heavy (non-hydrogen) atoms. The van der Waals surface area contributed by atoms with Crippen molar-refractivity contribution in [2.75, 3.05) is 10.6 Å². The number of aromatic nitrogens is 3. The molecule has 0 saturated carbocycles. The maximum atomic E-state index is 12.7. The number of hydrogen-bond donors (Lipinski definition) is 1. The van der Waals surface area contributed by atoms with Crippen LogP contribution in [0.3, 0.4) is 0 Å². The van der Waals surface area contributed by atoms with Crippen molar-refractivity contribution >= 4 is 28.2 Å². The molecule has 2 heterocycles. The second kappa shape index (κ2) is 8.16. The van der Waals surface area contributed by atoms with E-state index in [4.69, 9.17) is 10.5 Å². The molecule has 0 atom stereocenters. The number of anilines is 2. The van der Waals surface area contributed by atoms with Gasteiger partial charge in [0.15, 0.2) is 0 Å². The number of amides is 1. The third kappa shape index (κ3) is 4.89. The summed E-state index contributed by atoms with van der Waals surface area (Å²) in [4.78, 5) is 27.7. The van der Waals surface area contributed by atoms with Crippen LogP contribution in [0.2, 0.25) is 0 Å². The van der Waals surface area contributed by atoms with Crippen molar-refractivity contribution in [3.8, 4) is 22.0 Å². The third-order valence-electron chi connectivity index (χ3n) is 3.90. The van der Waals surface area contributed by atoms with E-state index < -0.39 is 11.7 Å². The zero-order valence-electron chi connectivity index (χ0n) is 17.2. The van der Waals surface area contributed by atoms with Gasteiger partial charge in [-0.15, -0.1) is 0 Å². The second-order valence-electron chi connectivity index (χ2n) is 7.80. The van der Waals surface area contributed by atoms with Gasteiger partial charge in [-0.2, -0.15) is 0 Å². The van der Waals surface area contributed by atoms with Crippen LogP contribution in [0, 0.1) is 0 Å². The molecule has 0 aliphatic carbocycles. The van der Waals surface area contributed by atoms with E-state index in [2.05, 4.69) is 15.0 Å². The van der Waals surface area contributed by atoms with Crippen LogP contribution >= 0.6 is 11.3 Å². The van der Waals surface area contributed by atoms with Crippen LogP contribution < -0.4 is 10.6 Å². The van der Waals surface area contributed by atoms with Crippen molar-refractivity contribution in [1.29, 1.82) is 0 Å². The first-order chi connectivity index (χ1) is 13.7. The summed E-state index contributed by atoms with van der Waals surface area (Å²) in [5, 5.41) is 1.34. The van der Waals surface area contributed by atoms with Gasteiger partial charge in [0.25, 0.3) is 0 Å². The van der Waals surface area contributed by atoms with E-state index in [-0.39, 0.29) is 6.04 Å². The Bertz CT molecular complexity index is 996. The van der Waals surface area contributed by atoms with E-state index >= 15 is 0 Å². The van der Waals surface area contributed by atoms with Crippen LogP contribution in [0.4, 0.5) is 15.6 Å². The summed E-state index contributed by atoms with van der Waals surface area (Å²) in [6.45, 7) is 9.39. The highest BCUT2D eigenvalue weighted by Gasteiger charge is 2.27. The molecule has 2 N–H and O–H groups in total. The predicted octanol–water partition coefficient (Wildman–Crippen LogP) is 5.00. The summed E-state index contributed by atoms with van der Waals surface area (Å²) in [5.74, 6) is 0.356. The Labute approximate surface area is 174 Å². The fraction of sp³-hybridized carbons (Fsp3) is 0.333. The number of rotatable bonds is 4. The molecule has 1 aromatic carbocycles. The minimum Gasteiger partial charge on any atom is -0.443 e. The molecule has 7 nitrogen and oxygen atoms in total. The van der Waals surface area contributed by atoms with Crippen molar-refractivity contribution in [3.05, 3.63) is 42.7 Å². The molecule has 3 aromatic rings. The Balaban J connectivity index is 1.94. The zero-order chi connectivity index (χ0) is 21.2.